The van der Waals surface area contributed by atoms with Gasteiger partial charge in [0.1, 0.15) is 30.5 Å². The molecule has 3 aromatic rings. The fourth-order valence-corrected chi connectivity index (χ4v) is 2.96. The van der Waals surface area contributed by atoms with E-state index in [4.69, 9.17) is 14.2 Å². The summed E-state index contributed by atoms with van der Waals surface area (Å²) in [5, 5.41) is 0. The van der Waals surface area contributed by atoms with Crippen LogP contribution in [0.25, 0.3) is 0 Å². The van der Waals surface area contributed by atoms with Crippen LogP contribution in [0.3, 0.4) is 0 Å². The summed E-state index contributed by atoms with van der Waals surface area (Å²) in [5.74, 6) is 0.962. The van der Waals surface area contributed by atoms with E-state index in [2.05, 4.69) is 10.9 Å². The zero-order chi connectivity index (χ0) is 22.8. The van der Waals surface area contributed by atoms with Crippen molar-refractivity contribution in [2.75, 3.05) is 19.8 Å². The van der Waals surface area contributed by atoms with E-state index in [0.29, 0.717) is 30.3 Å². The Morgan fingerprint density at radius 1 is 0.688 bits per heavy atom. The SMILES string of the molecule is Cc1cc(C)cc(OCC(=O)NNC(=O)c2cccc(OCCOc3ccccc3)c2)c1. The Morgan fingerprint density at radius 2 is 1.34 bits per heavy atom. The second-order valence-corrected chi connectivity index (χ2v) is 7.15. The van der Waals surface area contributed by atoms with Gasteiger partial charge in [0.05, 0.1) is 0 Å². The first-order chi connectivity index (χ1) is 15.5. The third-order valence-electron chi connectivity index (χ3n) is 4.34. The van der Waals surface area contributed by atoms with Crippen molar-refractivity contribution >= 4 is 11.8 Å². The van der Waals surface area contributed by atoms with Gasteiger partial charge in [0.25, 0.3) is 11.8 Å². The molecule has 0 fully saturated rings. The van der Waals surface area contributed by atoms with Gasteiger partial charge in [-0.15, -0.1) is 0 Å². The standard InChI is InChI=1S/C25H26N2O5/c1-18-13-19(2)15-23(14-18)32-17-24(28)26-27-25(29)20-7-6-10-22(16-20)31-12-11-30-21-8-4-3-5-9-21/h3-10,13-16H,11-12,17H2,1-2H3,(H,26,28)(H,27,29). The summed E-state index contributed by atoms with van der Waals surface area (Å²) >= 11 is 0. The van der Waals surface area contributed by atoms with Crippen molar-refractivity contribution in [3.8, 4) is 17.2 Å². The summed E-state index contributed by atoms with van der Waals surface area (Å²) < 4.78 is 16.7. The third-order valence-corrected chi connectivity index (χ3v) is 4.34. The van der Waals surface area contributed by atoms with E-state index in [-0.39, 0.29) is 6.61 Å². The van der Waals surface area contributed by atoms with Crippen molar-refractivity contribution in [2.24, 2.45) is 0 Å². The molecule has 2 amide bonds. The van der Waals surface area contributed by atoms with Crippen molar-refractivity contribution in [3.63, 3.8) is 0 Å². The van der Waals surface area contributed by atoms with Gasteiger partial charge in [-0.3, -0.25) is 20.4 Å². The van der Waals surface area contributed by atoms with Crippen molar-refractivity contribution in [3.05, 3.63) is 89.5 Å². The van der Waals surface area contributed by atoms with Crippen LogP contribution in [0.5, 0.6) is 17.2 Å². The molecule has 0 aliphatic rings. The summed E-state index contributed by atoms with van der Waals surface area (Å²) in [6, 6.07) is 21.8. The van der Waals surface area contributed by atoms with Crippen molar-refractivity contribution in [2.45, 2.75) is 13.8 Å². The zero-order valence-corrected chi connectivity index (χ0v) is 18.1. The molecule has 2 N–H and O–H groups in total. The van der Waals surface area contributed by atoms with Gasteiger partial charge in [0.2, 0.25) is 0 Å². The minimum Gasteiger partial charge on any atom is -0.490 e. The van der Waals surface area contributed by atoms with Gasteiger partial charge in [0, 0.05) is 5.56 Å². The van der Waals surface area contributed by atoms with Crippen LogP contribution >= 0.6 is 0 Å². The molecular weight excluding hydrogens is 408 g/mol. The lowest BCUT2D eigenvalue weighted by atomic mass is 10.1. The van der Waals surface area contributed by atoms with Gasteiger partial charge in [-0.05, 0) is 67.4 Å². The maximum Gasteiger partial charge on any atom is 0.276 e. The average Bonchev–Trinajstić information content (AvgIpc) is 2.79. The second kappa shape index (κ2) is 11.4. The molecule has 32 heavy (non-hydrogen) atoms. The molecule has 3 aromatic carbocycles. The molecule has 0 aliphatic carbocycles. The van der Waals surface area contributed by atoms with Crippen LogP contribution in [0, 0.1) is 13.8 Å². The highest BCUT2D eigenvalue weighted by atomic mass is 16.5. The van der Waals surface area contributed by atoms with Crippen molar-refractivity contribution in [1.29, 1.82) is 0 Å². The Morgan fingerprint density at radius 3 is 2.06 bits per heavy atom. The first kappa shape index (κ1) is 22.7. The van der Waals surface area contributed by atoms with E-state index in [1.807, 2.05) is 62.4 Å². The highest BCUT2D eigenvalue weighted by molar-refractivity contribution is 5.95. The first-order valence-corrected chi connectivity index (χ1v) is 10.2. The number of hydrazine groups is 1. The predicted octanol–water partition coefficient (Wildman–Crippen LogP) is 3.60. The van der Waals surface area contributed by atoms with Gasteiger partial charge in [-0.2, -0.15) is 0 Å². The number of amides is 2. The van der Waals surface area contributed by atoms with Crippen LogP contribution < -0.4 is 25.1 Å². The average molecular weight is 434 g/mol. The summed E-state index contributed by atoms with van der Waals surface area (Å²) in [6.07, 6.45) is 0. The number of benzene rings is 3. The second-order valence-electron chi connectivity index (χ2n) is 7.15. The lowest BCUT2D eigenvalue weighted by Crippen LogP contribution is -2.43. The van der Waals surface area contributed by atoms with E-state index >= 15 is 0 Å². The summed E-state index contributed by atoms with van der Waals surface area (Å²) in [5.41, 5.74) is 7.16. The number of para-hydroxylation sites is 1. The number of carbonyl (C=O) groups excluding carboxylic acids is 2. The summed E-state index contributed by atoms with van der Waals surface area (Å²) in [6.45, 7) is 4.39. The van der Waals surface area contributed by atoms with E-state index in [0.717, 1.165) is 16.9 Å². The normalized spacial score (nSPS) is 10.2. The van der Waals surface area contributed by atoms with E-state index in [1.54, 1.807) is 24.3 Å². The van der Waals surface area contributed by atoms with Crippen LogP contribution in [0.1, 0.15) is 21.5 Å². The molecule has 0 saturated heterocycles. The molecule has 0 radical (unpaired) electrons. The van der Waals surface area contributed by atoms with Gasteiger partial charge >= 0.3 is 0 Å². The van der Waals surface area contributed by atoms with Crippen molar-refractivity contribution < 1.29 is 23.8 Å². The topological polar surface area (TPSA) is 85.9 Å². The molecule has 7 heteroatoms. The molecule has 0 spiro atoms. The Labute approximate surface area is 187 Å². The predicted molar refractivity (Wildman–Crippen MR) is 121 cm³/mol. The molecular formula is C25H26N2O5. The number of carbonyl (C=O) groups is 2. The van der Waals surface area contributed by atoms with Crippen molar-refractivity contribution in [1.82, 2.24) is 10.9 Å². The van der Waals surface area contributed by atoms with Gasteiger partial charge in [0.15, 0.2) is 6.61 Å². The minimum absolute atomic E-state index is 0.215. The fraction of sp³-hybridized carbons (Fsp3) is 0.200. The van der Waals surface area contributed by atoms with Crippen LogP contribution in [0.4, 0.5) is 0 Å². The lowest BCUT2D eigenvalue weighted by molar-refractivity contribution is -0.123. The third kappa shape index (κ3) is 7.36. The Hall–Kier alpha value is -4.00. The molecule has 0 aliphatic heterocycles. The minimum atomic E-state index is -0.469. The monoisotopic (exact) mass is 434 g/mol. The lowest BCUT2D eigenvalue weighted by Gasteiger charge is -2.11. The van der Waals surface area contributed by atoms with Crippen LogP contribution in [0.15, 0.2) is 72.8 Å². The molecule has 0 bridgehead atoms. The number of hydrogen-bond acceptors (Lipinski definition) is 5. The first-order valence-electron chi connectivity index (χ1n) is 10.2. The quantitative estimate of drug-likeness (QED) is 0.397. The van der Waals surface area contributed by atoms with Crippen LogP contribution in [-0.4, -0.2) is 31.6 Å². The van der Waals surface area contributed by atoms with Gasteiger partial charge < -0.3 is 14.2 Å². The summed E-state index contributed by atoms with van der Waals surface area (Å²) in [4.78, 5) is 24.3. The fourth-order valence-electron chi connectivity index (χ4n) is 2.96. The van der Waals surface area contributed by atoms with E-state index in [9.17, 15) is 9.59 Å². The highest BCUT2D eigenvalue weighted by Crippen LogP contribution is 2.16. The summed E-state index contributed by atoms with van der Waals surface area (Å²) in [7, 11) is 0. The maximum atomic E-state index is 12.3. The van der Waals surface area contributed by atoms with Crippen LogP contribution in [-0.2, 0) is 4.79 Å². The number of hydrogen-bond donors (Lipinski definition) is 2. The number of nitrogens with one attached hydrogen (secondary N) is 2. The van der Waals surface area contributed by atoms with E-state index in [1.165, 1.54) is 0 Å². The number of ether oxygens (including phenoxy) is 3. The molecule has 7 nitrogen and oxygen atoms in total. The number of aryl methyl sites for hydroxylation is 2. The molecule has 0 atom stereocenters. The molecule has 0 unspecified atom stereocenters. The Bertz CT molecular complexity index is 1030. The number of rotatable bonds is 9. The molecule has 0 saturated carbocycles. The smallest absolute Gasteiger partial charge is 0.276 e. The highest BCUT2D eigenvalue weighted by Gasteiger charge is 2.09. The van der Waals surface area contributed by atoms with Crippen LogP contribution in [0.2, 0.25) is 0 Å². The zero-order valence-electron chi connectivity index (χ0n) is 18.1. The Kier molecular flexibility index (Phi) is 8.09. The molecule has 0 aromatic heterocycles. The van der Waals surface area contributed by atoms with E-state index < -0.39 is 11.8 Å². The Balaban J connectivity index is 1.41. The largest absolute Gasteiger partial charge is 0.490 e. The van der Waals surface area contributed by atoms with Gasteiger partial charge in [-0.25, -0.2) is 0 Å². The molecule has 3 rings (SSSR count). The molecule has 0 heterocycles. The maximum absolute atomic E-state index is 12.3. The molecule has 166 valence electrons. The van der Waals surface area contributed by atoms with Gasteiger partial charge in [-0.1, -0.05) is 30.3 Å².